The molecule has 96 valence electrons. The van der Waals surface area contributed by atoms with Crippen LogP contribution in [0.25, 0.3) is 0 Å². The first-order valence-corrected chi connectivity index (χ1v) is 6.26. The Labute approximate surface area is 107 Å². The maximum atomic E-state index is 10.9. The number of thiazole rings is 1. The lowest BCUT2D eigenvalue weighted by Crippen LogP contribution is -2.13. The number of aromatic carboxylic acids is 1. The van der Waals surface area contributed by atoms with Gasteiger partial charge in [-0.25, -0.2) is 14.5 Å². The van der Waals surface area contributed by atoms with Crippen LogP contribution in [0.2, 0.25) is 0 Å². The molecule has 2 heterocycles. The lowest BCUT2D eigenvalue weighted by Gasteiger charge is -2.04. The minimum absolute atomic E-state index is 0.0708. The van der Waals surface area contributed by atoms with Crippen LogP contribution in [0.3, 0.4) is 0 Å². The summed E-state index contributed by atoms with van der Waals surface area (Å²) in [4.78, 5) is 16.2. The van der Waals surface area contributed by atoms with E-state index in [-0.39, 0.29) is 12.2 Å². The van der Waals surface area contributed by atoms with Crippen LogP contribution in [-0.2, 0) is 19.5 Å². The first-order valence-electron chi connectivity index (χ1n) is 5.38. The van der Waals surface area contributed by atoms with Crippen LogP contribution in [0, 0.1) is 6.92 Å². The smallest absolute Gasteiger partial charge is 0.358 e. The molecule has 0 spiro atoms. The minimum Gasteiger partial charge on any atom is -0.476 e. The van der Waals surface area contributed by atoms with Gasteiger partial charge in [0.15, 0.2) is 5.69 Å². The molecule has 0 radical (unpaired) electrons. The molecule has 7 nitrogen and oxygen atoms in total. The molecule has 0 bridgehead atoms. The van der Waals surface area contributed by atoms with E-state index in [0.717, 1.165) is 17.0 Å². The largest absolute Gasteiger partial charge is 0.476 e. The van der Waals surface area contributed by atoms with Gasteiger partial charge in [0.25, 0.3) is 0 Å². The molecule has 2 rings (SSSR count). The number of carboxylic acid groups (broad SMARTS) is 1. The second-order valence-corrected chi connectivity index (χ2v) is 4.67. The second kappa shape index (κ2) is 5.23. The fourth-order valence-corrected chi connectivity index (χ4v) is 2.42. The Morgan fingerprint density at radius 1 is 1.61 bits per heavy atom. The van der Waals surface area contributed by atoms with E-state index in [0.29, 0.717) is 12.2 Å². The van der Waals surface area contributed by atoms with Gasteiger partial charge < -0.3 is 10.8 Å². The van der Waals surface area contributed by atoms with E-state index in [1.54, 1.807) is 21.5 Å². The van der Waals surface area contributed by atoms with E-state index >= 15 is 0 Å². The van der Waals surface area contributed by atoms with Gasteiger partial charge in [-0.1, -0.05) is 5.21 Å². The lowest BCUT2D eigenvalue weighted by molar-refractivity contribution is 0.0689. The van der Waals surface area contributed by atoms with E-state index in [2.05, 4.69) is 15.3 Å². The summed E-state index contributed by atoms with van der Waals surface area (Å²) in [6, 6.07) is 0. The van der Waals surface area contributed by atoms with E-state index < -0.39 is 5.97 Å². The van der Waals surface area contributed by atoms with Gasteiger partial charge >= 0.3 is 5.97 Å². The molecule has 0 aliphatic heterocycles. The number of aromatic nitrogens is 4. The van der Waals surface area contributed by atoms with Crippen LogP contribution < -0.4 is 5.73 Å². The van der Waals surface area contributed by atoms with Crippen molar-refractivity contribution >= 4 is 17.3 Å². The number of nitrogens with two attached hydrogens (primary N) is 1. The van der Waals surface area contributed by atoms with Crippen LogP contribution in [0.1, 0.15) is 26.8 Å². The monoisotopic (exact) mass is 267 g/mol. The first kappa shape index (κ1) is 12.7. The van der Waals surface area contributed by atoms with Crippen LogP contribution >= 0.6 is 11.3 Å². The third-order valence-electron chi connectivity index (χ3n) is 2.63. The average Bonchev–Trinajstić information content (AvgIpc) is 2.92. The van der Waals surface area contributed by atoms with Crippen molar-refractivity contribution in [2.45, 2.75) is 26.4 Å². The highest BCUT2D eigenvalue weighted by molar-refractivity contribution is 7.09. The van der Waals surface area contributed by atoms with Crippen molar-refractivity contribution in [3.8, 4) is 0 Å². The zero-order valence-corrected chi connectivity index (χ0v) is 10.6. The zero-order valence-electron chi connectivity index (χ0n) is 9.83. The second-order valence-electron chi connectivity index (χ2n) is 3.73. The molecule has 0 aliphatic rings. The number of hydrogen-bond acceptors (Lipinski definition) is 6. The summed E-state index contributed by atoms with van der Waals surface area (Å²) in [5.74, 6) is -1.10. The molecule has 0 saturated carbocycles. The van der Waals surface area contributed by atoms with Crippen LogP contribution in [0.5, 0.6) is 0 Å². The van der Waals surface area contributed by atoms with E-state index in [1.165, 1.54) is 0 Å². The lowest BCUT2D eigenvalue weighted by atomic mass is 10.3. The van der Waals surface area contributed by atoms with Crippen LogP contribution in [0.15, 0.2) is 5.51 Å². The molecule has 0 aromatic carbocycles. The average molecular weight is 267 g/mol. The van der Waals surface area contributed by atoms with Gasteiger partial charge in [-0.3, -0.25) is 0 Å². The van der Waals surface area contributed by atoms with Gasteiger partial charge in [0.2, 0.25) is 0 Å². The number of rotatable bonds is 5. The number of aryl methyl sites for hydroxylation is 3. The predicted octanol–water partition coefficient (Wildman–Crippen LogP) is 0.443. The van der Waals surface area contributed by atoms with Gasteiger partial charge in [0.1, 0.15) is 0 Å². The van der Waals surface area contributed by atoms with Gasteiger partial charge in [-0.2, -0.15) is 0 Å². The molecule has 2 aromatic heterocycles. The van der Waals surface area contributed by atoms with Crippen molar-refractivity contribution in [1.29, 1.82) is 0 Å². The summed E-state index contributed by atoms with van der Waals surface area (Å²) in [7, 11) is 0. The summed E-state index contributed by atoms with van der Waals surface area (Å²) >= 11 is 1.58. The van der Waals surface area contributed by atoms with Gasteiger partial charge in [-0.05, 0) is 6.92 Å². The number of hydrogen-bond donors (Lipinski definition) is 2. The molecule has 0 atom stereocenters. The topological polar surface area (TPSA) is 107 Å². The summed E-state index contributed by atoms with van der Waals surface area (Å²) in [6.07, 6.45) is 0.742. The van der Waals surface area contributed by atoms with Crippen LogP contribution in [-0.4, -0.2) is 31.1 Å². The third-order valence-corrected chi connectivity index (χ3v) is 3.62. The Morgan fingerprint density at radius 2 is 2.39 bits per heavy atom. The summed E-state index contributed by atoms with van der Waals surface area (Å²) in [5.41, 5.74) is 8.70. The quantitative estimate of drug-likeness (QED) is 0.814. The molecule has 2 aromatic rings. The highest BCUT2D eigenvalue weighted by Gasteiger charge is 2.17. The number of carbonyl (C=O) groups is 1. The Morgan fingerprint density at radius 3 is 2.94 bits per heavy atom. The third kappa shape index (κ3) is 2.39. The van der Waals surface area contributed by atoms with E-state index in [4.69, 9.17) is 10.8 Å². The van der Waals surface area contributed by atoms with E-state index in [9.17, 15) is 4.79 Å². The normalized spacial score (nSPS) is 10.8. The Kier molecular flexibility index (Phi) is 3.68. The van der Waals surface area contributed by atoms with Crippen molar-refractivity contribution in [1.82, 2.24) is 20.0 Å². The van der Waals surface area contributed by atoms with Gasteiger partial charge in [-0.15, -0.1) is 16.4 Å². The number of nitrogens with zero attached hydrogens (tertiary/aromatic N) is 4. The Bertz CT molecular complexity index is 562. The van der Waals surface area contributed by atoms with E-state index in [1.807, 2.05) is 6.92 Å². The van der Waals surface area contributed by atoms with Crippen molar-refractivity contribution < 1.29 is 9.90 Å². The van der Waals surface area contributed by atoms with Crippen molar-refractivity contribution in [2.24, 2.45) is 5.73 Å². The molecule has 0 fully saturated rings. The molecule has 18 heavy (non-hydrogen) atoms. The van der Waals surface area contributed by atoms with Crippen LogP contribution in [0.4, 0.5) is 0 Å². The number of carboxylic acids is 1. The van der Waals surface area contributed by atoms with Crippen molar-refractivity contribution in [2.75, 3.05) is 0 Å². The highest BCUT2D eigenvalue weighted by atomic mass is 32.1. The van der Waals surface area contributed by atoms with Gasteiger partial charge in [0.05, 0.1) is 16.9 Å². The predicted molar refractivity (Wildman–Crippen MR) is 65.4 cm³/mol. The molecular weight excluding hydrogens is 254 g/mol. The zero-order chi connectivity index (χ0) is 13.1. The van der Waals surface area contributed by atoms with Crippen molar-refractivity contribution in [3.63, 3.8) is 0 Å². The fraction of sp³-hybridized carbons (Fsp3) is 0.400. The Balaban J connectivity index is 2.15. The first-order chi connectivity index (χ1) is 8.63. The van der Waals surface area contributed by atoms with Crippen molar-refractivity contribution in [3.05, 3.63) is 27.5 Å². The molecule has 0 saturated heterocycles. The highest BCUT2D eigenvalue weighted by Crippen LogP contribution is 2.14. The summed E-state index contributed by atoms with van der Waals surface area (Å²) in [5, 5.41) is 16.4. The fourth-order valence-electron chi connectivity index (χ4n) is 1.65. The molecular formula is C10H13N5O2S. The van der Waals surface area contributed by atoms with Gasteiger partial charge in [0, 0.05) is 24.4 Å². The Hall–Kier alpha value is -1.80. The molecule has 0 aliphatic carbocycles. The minimum atomic E-state index is -1.10. The maximum Gasteiger partial charge on any atom is 0.358 e. The molecule has 3 N–H and O–H groups in total. The molecule has 8 heteroatoms. The summed E-state index contributed by atoms with van der Waals surface area (Å²) < 4.78 is 1.54. The molecule has 0 unspecified atom stereocenters. The standard InChI is InChI=1S/C10H13N5O2S/c1-6-8(18-5-12-6)2-3-15-7(4-11)9(10(16)17)13-14-15/h5H,2-4,11H2,1H3,(H,16,17). The summed E-state index contributed by atoms with van der Waals surface area (Å²) in [6.45, 7) is 2.60. The SMILES string of the molecule is Cc1ncsc1CCn1nnc(C(=O)O)c1CN. The maximum absolute atomic E-state index is 10.9. The molecule has 0 amide bonds.